The van der Waals surface area contributed by atoms with Gasteiger partial charge in [-0.1, -0.05) is 81.4 Å². The van der Waals surface area contributed by atoms with E-state index in [-0.39, 0.29) is 29.4 Å². The first-order valence-electron chi connectivity index (χ1n) is 14.4. The molecule has 6 nitrogen and oxygen atoms in total. The van der Waals surface area contributed by atoms with E-state index in [4.69, 9.17) is 9.16 Å². The fourth-order valence-electron chi connectivity index (χ4n) is 4.72. The maximum atomic E-state index is 12.4. The van der Waals surface area contributed by atoms with E-state index in [0.717, 1.165) is 28.5 Å². The van der Waals surface area contributed by atoms with Gasteiger partial charge in [0.2, 0.25) is 5.56 Å². The average molecular weight is 573 g/mol. The monoisotopic (exact) mass is 572 g/mol. The summed E-state index contributed by atoms with van der Waals surface area (Å²) >= 11 is 0. The fourth-order valence-corrected chi connectivity index (χ4v) is 6.00. The molecule has 0 fully saturated rings. The number of fused-ring (bicyclic) bond motifs is 1. The number of aromatic amines is 1. The molecule has 1 aromatic heterocycles. The summed E-state index contributed by atoms with van der Waals surface area (Å²) < 4.78 is 13.2. The quantitative estimate of drug-likeness (QED) is 0.161. The van der Waals surface area contributed by atoms with E-state index in [0.29, 0.717) is 24.4 Å². The predicted octanol–water partition coefficient (Wildman–Crippen LogP) is 6.88. The van der Waals surface area contributed by atoms with Crippen molar-refractivity contribution in [2.24, 2.45) is 0 Å². The normalized spacial score (nSPS) is 13.7. The molecule has 41 heavy (non-hydrogen) atoms. The highest BCUT2D eigenvalue weighted by atomic mass is 28.4. The summed E-state index contributed by atoms with van der Waals surface area (Å²) in [5, 5.41) is 14.2. The van der Waals surface area contributed by atoms with Crippen molar-refractivity contribution in [2.45, 2.75) is 77.6 Å². The van der Waals surface area contributed by atoms with Crippen LogP contribution in [-0.4, -0.2) is 31.0 Å². The Hall–Kier alpha value is -3.23. The number of aliphatic hydroxyl groups is 1. The van der Waals surface area contributed by atoms with Crippen molar-refractivity contribution in [3.8, 4) is 5.75 Å². The summed E-state index contributed by atoms with van der Waals surface area (Å²) in [6.45, 7) is 14.5. The Morgan fingerprint density at radius 3 is 2.34 bits per heavy atom. The van der Waals surface area contributed by atoms with Crippen molar-refractivity contribution in [1.82, 2.24) is 10.3 Å². The Bertz CT molecular complexity index is 1490. The summed E-state index contributed by atoms with van der Waals surface area (Å²) in [4.78, 5) is 15.4. The molecule has 3 aromatic carbocycles. The molecule has 0 aliphatic rings. The number of benzene rings is 3. The largest absolute Gasteiger partial charge is 0.487 e. The van der Waals surface area contributed by atoms with Gasteiger partial charge in [0, 0.05) is 24.0 Å². The molecule has 0 spiro atoms. The molecular weight excluding hydrogens is 528 g/mol. The maximum absolute atomic E-state index is 12.4. The minimum Gasteiger partial charge on any atom is -0.487 e. The maximum Gasteiger partial charge on any atom is 0.248 e. The molecule has 0 saturated carbocycles. The summed E-state index contributed by atoms with van der Waals surface area (Å²) in [5.74, 6) is 0.640. The Kier molecular flexibility index (Phi) is 9.87. The summed E-state index contributed by atoms with van der Waals surface area (Å²) in [5.41, 5.74) is 4.70. The van der Waals surface area contributed by atoms with Crippen LogP contribution in [0.2, 0.25) is 18.1 Å². The van der Waals surface area contributed by atoms with Crippen LogP contribution in [0.4, 0.5) is 0 Å². The van der Waals surface area contributed by atoms with Gasteiger partial charge >= 0.3 is 0 Å². The molecule has 0 saturated heterocycles. The lowest BCUT2D eigenvalue weighted by atomic mass is 10.0. The standard InChI is InChI=1S/C34H44N2O4Si/c1-24(19-26-13-10-14-27(20-26)22-37)35-21-31(40-41(5,6)34(2,3)4)28-15-17-30(33-29(28)16-18-32(38)36-33)39-23-25-11-8-7-9-12-25/h7-18,20,24,31,35,37H,19,21-23H2,1-6H3,(H,36,38)/t24-,31+/m1/s1. The van der Waals surface area contributed by atoms with Crippen LogP contribution >= 0.6 is 0 Å². The molecule has 4 aromatic rings. The van der Waals surface area contributed by atoms with E-state index in [1.54, 1.807) is 6.07 Å². The van der Waals surface area contributed by atoms with Crippen molar-refractivity contribution in [1.29, 1.82) is 0 Å². The van der Waals surface area contributed by atoms with Gasteiger partial charge < -0.3 is 24.6 Å². The van der Waals surface area contributed by atoms with Crippen LogP contribution in [0.25, 0.3) is 10.9 Å². The Balaban J connectivity index is 1.64. The molecule has 3 N–H and O–H groups in total. The van der Waals surface area contributed by atoms with Gasteiger partial charge in [-0.05, 0) is 65.9 Å². The number of pyridine rings is 1. The molecule has 7 heteroatoms. The van der Waals surface area contributed by atoms with Crippen LogP contribution in [0.15, 0.2) is 83.7 Å². The van der Waals surface area contributed by atoms with Crippen LogP contribution in [0.5, 0.6) is 5.75 Å². The lowest BCUT2D eigenvalue weighted by Gasteiger charge is -2.40. The van der Waals surface area contributed by atoms with E-state index in [9.17, 15) is 9.90 Å². The third-order valence-corrected chi connectivity index (χ3v) is 12.6. The molecule has 1 heterocycles. The van der Waals surface area contributed by atoms with Gasteiger partial charge in [0.1, 0.15) is 12.4 Å². The zero-order valence-electron chi connectivity index (χ0n) is 25.2. The second kappa shape index (κ2) is 13.2. The number of H-pyrrole nitrogens is 1. The summed E-state index contributed by atoms with van der Waals surface area (Å²) in [7, 11) is -2.15. The van der Waals surface area contributed by atoms with Crippen LogP contribution in [0.3, 0.4) is 0 Å². The van der Waals surface area contributed by atoms with E-state index < -0.39 is 8.32 Å². The highest BCUT2D eigenvalue weighted by Gasteiger charge is 2.39. The van der Waals surface area contributed by atoms with Crippen molar-refractivity contribution in [3.63, 3.8) is 0 Å². The van der Waals surface area contributed by atoms with Crippen molar-refractivity contribution < 1.29 is 14.3 Å². The highest BCUT2D eigenvalue weighted by Crippen LogP contribution is 2.41. The van der Waals surface area contributed by atoms with Crippen LogP contribution in [0, 0.1) is 0 Å². The van der Waals surface area contributed by atoms with Crippen molar-refractivity contribution >= 4 is 19.2 Å². The number of aliphatic hydroxyl groups excluding tert-OH is 1. The predicted molar refractivity (Wildman–Crippen MR) is 170 cm³/mol. The van der Waals surface area contributed by atoms with Gasteiger partial charge in [0.15, 0.2) is 8.32 Å². The molecule has 218 valence electrons. The first-order chi connectivity index (χ1) is 19.5. The van der Waals surface area contributed by atoms with Gasteiger partial charge in [-0.2, -0.15) is 0 Å². The van der Waals surface area contributed by atoms with Crippen molar-refractivity contribution in [2.75, 3.05) is 6.54 Å². The van der Waals surface area contributed by atoms with Gasteiger partial charge in [-0.25, -0.2) is 0 Å². The molecule has 2 atom stereocenters. The first kappa shape index (κ1) is 30.7. The number of aromatic nitrogens is 1. The van der Waals surface area contributed by atoms with Crippen LogP contribution < -0.4 is 15.6 Å². The number of nitrogens with one attached hydrogen (secondary N) is 2. The SMILES string of the molecule is C[C@H](Cc1cccc(CO)c1)NC[C@H](O[Si](C)(C)C(C)(C)C)c1ccc(OCc2ccccc2)c2[nH]c(=O)ccc12. The zero-order chi connectivity index (χ0) is 29.6. The molecular formula is C34H44N2O4Si. The molecule has 0 unspecified atom stereocenters. The number of hydrogen-bond acceptors (Lipinski definition) is 5. The third-order valence-electron chi connectivity index (χ3n) is 8.09. The molecule has 0 aliphatic heterocycles. The molecule has 0 aliphatic carbocycles. The smallest absolute Gasteiger partial charge is 0.248 e. The summed E-state index contributed by atoms with van der Waals surface area (Å²) in [6, 6.07) is 25.7. The zero-order valence-corrected chi connectivity index (χ0v) is 26.2. The Labute approximate surface area is 244 Å². The minimum absolute atomic E-state index is 0.0322. The minimum atomic E-state index is -2.15. The first-order valence-corrected chi connectivity index (χ1v) is 17.3. The van der Waals surface area contributed by atoms with Gasteiger partial charge in [0.25, 0.3) is 0 Å². The van der Waals surface area contributed by atoms with E-state index >= 15 is 0 Å². The van der Waals surface area contributed by atoms with Gasteiger partial charge in [-0.3, -0.25) is 4.79 Å². The second-order valence-corrected chi connectivity index (χ2v) is 17.2. The van der Waals surface area contributed by atoms with E-state index in [1.807, 2.05) is 54.6 Å². The van der Waals surface area contributed by atoms with E-state index in [2.05, 4.69) is 69.3 Å². The number of rotatable bonds is 12. The topological polar surface area (TPSA) is 83.6 Å². The number of ether oxygens (including phenoxy) is 1. The number of hydrogen-bond donors (Lipinski definition) is 3. The molecule has 0 radical (unpaired) electrons. The molecule has 4 rings (SSSR count). The van der Waals surface area contributed by atoms with Crippen molar-refractivity contribution in [3.05, 3.63) is 111 Å². The Morgan fingerprint density at radius 1 is 0.927 bits per heavy atom. The van der Waals surface area contributed by atoms with Gasteiger partial charge in [0.05, 0.1) is 18.2 Å². The average Bonchev–Trinajstić information content (AvgIpc) is 2.94. The molecule has 0 bridgehead atoms. The van der Waals surface area contributed by atoms with Crippen LogP contribution in [-0.2, 0) is 24.1 Å². The van der Waals surface area contributed by atoms with E-state index in [1.165, 1.54) is 5.56 Å². The lowest BCUT2D eigenvalue weighted by Crippen LogP contribution is -2.44. The van der Waals surface area contributed by atoms with Gasteiger partial charge in [-0.15, -0.1) is 0 Å². The summed E-state index contributed by atoms with van der Waals surface area (Å²) in [6.07, 6.45) is 0.611. The third kappa shape index (κ3) is 7.95. The van der Waals surface area contributed by atoms with Crippen LogP contribution in [0.1, 0.15) is 56.1 Å². The second-order valence-electron chi connectivity index (χ2n) is 12.4. The molecule has 0 amide bonds. The highest BCUT2D eigenvalue weighted by molar-refractivity contribution is 6.74. The Morgan fingerprint density at radius 2 is 1.63 bits per heavy atom. The fraction of sp³-hybridized carbons (Fsp3) is 0.382. The lowest BCUT2D eigenvalue weighted by molar-refractivity contribution is 0.177.